The molecule has 1 aliphatic heterocycles. The predicted octanol–water partition coefficient (Wildman–Crippen LogP) is 2.50. The van der Waals surface area contributed by atoms with Crippen molar-refractivity contribution < 1.29 is 4.74 Å². The van der Waals surface area contributed by atoms with Crippen LogP contribution in [0, 0.1) is 5.92 Å². The third kappa shape index (κ3) is 2.38. The van der Waals surface area contributed by atoms with Gasteiger partial charge < -0.3 is 9.64 Å². The number of hydrogen-bond acceptors (Lipinski definition) is 5. The third-order valence-corrected chi connectivity index (χ3v) is 5.02. The highest BCUT2D eigenvalue weighted by molar-refractivity contribution is 7.09. The molecule has 100 valence electrons. The number of fused-ring (bicyclic) bond motifs is 1. The fourth-order valence-electron chi connectivity index (χ4n) is 3.35. The van der Waals surface area contributed by atoms with Crippen molar-refractivity contribution >= 4 is 16.7 Å². The van der Waals surface area contributed by atoms with E-state index < -0.39 is 0 Å². The van der Waals surface area contributed by atoms with E-state index >= 15 is 0 Å². The van der Waals surface area contributed by atoms with Crippen LogP contribution in [0.3, 0.4) is 0 Å². The Morgan fingerprint density at radius 3 is 3.11 bits per heavy atom. The minimum absolute atomic E-state index is 0.711. The molecule has 1 aliphatic carbocycles. The Hall–Kier alpha value is -0.680. The quantitative estimate of drug-likeness (QED) is 0.840. The Kier molecular flexibility index (Phi) is 3.80. The van der Waals surface area contributed by atoms with Gasteiger partial charge in [0.2, 0.25) is 5.13 Å². The summed E-state index contributed by atoms with van der Waals surface area (Å²) in [5.41, 5.74) is 0. The van der Waals surface area contributed by atoms with Crippen LogP contribution in [0.2, 0.25) is 0 Å². The van der Waals surface area contributed by atoms with Crippen LogP contribution < -0.4 is 4.90 Å². The van der Waals surface area contributed by atoms with Gasteiger partial charge in [0, 0.05) is 37.6 Å². The molecule has 1 saturated heterocycles. The molecule has 2 heterocycles. The topological polar surface area (TPSA) is 38.2 Å². The molecule has 1 aromatic rings. The molecule has 2 aliphatic rings. The number of anilines is 1. The lowest BCUT2D eigenvalue weighted by molar-refractivity contribution is 0.201. The average Bonchev–Trinajstić information content (AvgIpc) is 3.04. The number of ether oxygens (including phenoxy) is 1. The summed E-state index contributed by atoms with van der Waals surface area (Å²) >= 11 is 1.56. The first kappa shape index (κ1) is 12.4. The molecule has 1 saturated carbocycles. The maximum atomic E-state index is 5.08. The normalized spacial score (nSPS) is 27.5. The fourth-order valence-corrected chi connectivity index (χ4v) is 4.14. The van der Waals surface area contributed by atoms with E-state index in [-0.39, 0.29) is 0 Å². The van der Waals surface area contributed by atoms with Gasteiger partial charge >= 0.3 is 0 Å². The van der Waals surface area contributed by atoms with Crippen LogP contribution in [0.4, 0.5) is 5.13 Å². The number of hydrogen-bond donors (Lipinski definition) is 0. The molecule has 0 radical (unpaired) electrons. The van der Waals surface area contributed by atoms with Crippen molar-refractivity contribution in [2.75, 3.05) is 25.2 Å². The standard InChI is InChI=1S/C13H21N3OS/c1-17-9-7-12-14-13(18-15-12)16-8-3-5-10-4-2-6-11(10)16/h10-11H,2-9H2,1H3. The maximum absolute atomic E-state index is 5.08. The lowest BCUT2D eigenvalue weighted by atomic mass is 9.92. The molecule has 0 spiro atoms. The van der Waals surface area contributed by atoms with Crippen LogP contribution in [0.1, 0.15) is 37.9 Å². The van der Waals surface area contributed by atoms with Gasteiger partial charge in [-0.05, 0) is 31.6 Å². The highest BCUT2D eigenvalue weighted by Crippen LogP contribution is 2.39. The van der Waals surface area contributed by atoms with E-state index in [1.807, 2.05) is 0 Å². The Morgan fingerprint density at radius 1 is 1.33 bits per heavy atom. The first-order valence-corrected chi connectivity index (χ1v) is 7.74. The van der Waals surface area contributed by atoms with E-state index in [9.17, 15) is 0 Å². The Balaban J connectivity index is 1.71. The van der Waals surface area contributed by atoms with E-state index in [1.54, 1.807) is 18.6 Å². The maximum Gasteiger partial charge on any atom is 0.205 e. The summed E-state index contributed by atoms with van der Waals surface area (Å²) in [6.45, 7) is 1.88. The summed E-state index contributed by atoms with van der Waals surface area (Å²) in [6.07, 6.45) is 7.70. The van der Waals surface area contributed by atoms with Gasteiger partial charge in [-0.1, -0.05) is 6.42 Å². The van der Waals surface area contributed by atoms with Gasteiger partial charge in [-0.25, -0.2) is 4.98 Å². The molecule has 0 aromatic carbocycles. The molecular weight excluding hydrogens is 246 g/mol. The molecule has 2 unspecified atom stereocenters. The molecule has 1 aromatic heterocycles. The van der Waals surface area contributed by atoms with Crippen LogP contribution in [-0.2, 0) is 11.2 Å². The van der Waals surface area contributed by atoms with Crippen molar-refractivity contribution in [3.05, 3.63) is 5.82 Å². The van der Waals surface area contributed by atoms with E-state index in [2.05, 4.69) is 14.3 Å². The number of methoxy groups -OCH3 is 1. The summed E-state index contributed by atoms with van der Waals surface area (Å²) in [5, 5.41) is 1.14. The second-order valence-electron chi connectivity index (χ2n) is 5.33. The van der Waals surface area contributed by atoms with Gasteiger partial charge in [0.15, 0.2) is 0 Å². The van der Waals surface area contributed by atoms with Gasteiger partial charge in [-0.15, -0.1) is 0 Å². The number of nitrogens with zero attached hydrogens (tertiary/aromatic N) is 3. The fraction of sp³-hybridized carbons (Fsp3) is 0.846. The largest absolute Gasteiger partial charge is 0.384 e. The second-order valence-corrected chi connectivity index (χ2v) is 6.06. The molecule has 0 amide bonds. The highest BCUT2D eigenvalue weighted by Gasteiger charge is 2.36. The predicted molar refractivity (Wildman–Crippen MR) is 73.2 cm³/mol. The molecular formula is C13H21N3OS. The highest BCUT2D eigenvalue weighted by atomic mass is 32.1. The van der Waals surface area contributed by atoms with Crippen molar-refractivity contribution in [2.45, 2.75) is 44.6 Å². The molecule has 5 heteroatoms. The Morgan fingerprint density at radius 2 is 2.22 bits per heavy atom. The monoisotopic (exact) mass is 267 g/mol. The molecule has 2 atom stereocenters. The summed E-state index contributed by atoms with van der Waals surface area (Å²) in [4.78, 5) is 7.21. The van der Waals surface area contributed by atoms with Crippen LogP contribution in [0.25, 0.3) is 0 Å². The molecule has 4 nitrogen and oxygen atoms in total. The Labute approximate surface area is 113 Å². The summed E-state index contributed by atoms with van der Waals surface area (Å²) in [7, 11) is 1.72. The van der Waals surface area contributed by atoms with E-state index in [0.717, 1.165) is 29.3 Å². The first-order chi connectivity index (χ1) is 8.88. The SMILES string of the molecule is COCCc1nsc(N2CCCC3CCCC32)n1. The van der Waals surface area contributed by atoms with Gasteiger partial charge in [-0.3, -0.25) is 0 Å². The minimum Gasteiger partial charge on any atom is -0.384 e. The van der Waals surface area contributed by atoms with E-state index in [1.165, 1.54) is 38.6 Å². The average molecular weight is 267 g/mol. The molecule has 0 N–H and O–H groups in total. The number of aromatic nitrogens is 2. The third-order valence-electron chi connectivity index (χ3n) is 4.23. The van der Waals surface area contributed by atoms with Crippen LogP contribution in [0.15, 0.2) is 0 Å². The van der Waals surface area contributed by atoms with Crippen molar-refractivity contribution in [1.29, 1.82) is 0 Å². The molecule has 0 bridgehead atoms. The number of rotatable bonds is 4. The van der Waals surface area contributed by atoms with Crippen LogP contribution in [0.5, 0.6) is 0 Å². The molecule has 2 fully saturated rings. The van der Waals surface area contributed by atoms with Crippen molar-refractivity contribution in [3.63, 3.8) is 0 Å². The van der Waals surface area contributed by atoms with Gasteiger partial charge in [0.25, 0.3) is 0 Å². The lowest BCUT2D eigenvalue weighted by Gasteiger charge is -2.37. The van der Waals surface area contributed by atoms with Crippen LogP contribution >= 0.6 is 11.5 Å². The summed E-state index contributed by atoms with van der Waals surface area (Å²) in [6, 6.07) is 0.738. The summed E-state index contributed by atoms with van der Waals surface area (Å²) in [5.74, 6) is 1.85. The zero-order valence-corrected chi connectivity index (χ0v) is 11.8. The second kappa shape index (κ2) is 5.53. The van der Waals surface area contributed by atoms with Crippen molar-refractivity contribution in [1.82, 2.24) is 9.36 Å². The molecule has 3 rings (SSSR count). The van der Waals surface area contributed by atoms with Gasteiger partial charge in [0.05, 0.1) is 6.61 Å². The Bertz CT molecular complexity index is 395. The van der Waals surface area contributed by atoms with E-state index in [4.69, 9.17) is 4.74 Å². The van der Waals surface area contributed by atoms with Crippen LogP contribution in [-0.4, -0.2) is 35.7 Å². The first-order valence-electron chi connectivity index (χ1n) is 6.96. The zero-order chi connectivity index (χ0) is 12.4. The van der Waals surface area contributed by atoms with Crippen molar-refractivity contribution in [3.8, 4) is 0 Å². The molecule has 18 heavy (non-hydrogen) atoms. The van der Waals surface area contributed by atoms with Gasteiger partial charge in [0.1, 0.15) is 5.82 Å². The van der Waals surface area contributed by atoms with Crippen molar-refractivity contribution in [2.24, 2.45) is 5.92 Å². The van der Waals surface area contributed by atoms with Gasteiger partial charge in [-0.2, -0.15) is 4.37 Å². The number of piperidine rings is 1. The van der Waals surface area contributed by atoms with E-state index in [0.29, 0.717) is 6.61 Å². The summed E-state index contributed by atoms with van der Waals surface area (Å²) < 4.78 is 9.53. The zero-order valence-electron chi connectivity index (χ0n) is 11.0. The smallest absolute Gasteiger partial charge is 0.205 e. The lowest BCUT2D eigenvalue weighted by Crippen LogP contribution is -2.42. The minimum atomic E-state index is 0.711.